The molecule has 1 heterocycles. The summed E-state index contributed by atoms with van der Waals surface area (Å²) in [4.78, 5) is 0. The number of rotatable bonds is 3. The topological polar surface area (TPSA) is 27.7 Å². The molecule has 0 unspecified atom stereocenters. The zero-order chi connectivity index (χ0) is 14.1. The molecule has 0 aromatic carbocycles. The molecule has 1 fully saturated rings. The smallest absolute Gasteiger partial charge is 0.109 e. The highest BCUT2D eigenvalue weighted by molar-refractivity contribution is 6.11. The van der Waals surface area contributed by atoms with E-state index in [1.54, 1.807) is 0 Å². The van der Waals surface area contributed by atoms with Gasteiger partial charge in [-0.05, 0) is 41.5 Å². The fraction of sp³-hybridized carbons (Fsp3) is 1.00. The molecule has 0 bridgehead atoms. The van der Waals surface area contributed by atoms with Crippen molar-refractivity contribution in [2.75, 3.05) is 6.61 Å². The van der Waals surface area contributed by atoms with E-state index >= 15 is 0 Å². The third kappa shape index (κ3) is 4.91. The van der Waals surface area contributed by atoms with Gasteiger partial charge in [0.1, 0.15) is 14.0 Å². The Kier molecular flexibility index (Phi) is 4.90. The van der Waals surface area contributed by atoms with E-state index in [9.17, 15) is 0 Å². The van der Waals surface area contributed by atoms with Crippen molar-refractivity contribution in [2.24, 2.45) is 5.92 Å². The molecule has 4 atom stereocenters. The summed E-state index contributed by atoms with van der Waals surface area (Å²) in [7, 11) is 5.96. The van der Waals surface area contributed by atoms with Crippen LogP contribution in [0.5, 0.6) is 0 Å². The molecule has 0 aromatic heterocycles. The summed E-state index contributed by atoms with van der Waals surface area (Å²) in [5.41, 5.74) is -0.377. The molecule has 1 aliphatic heterocycles. The minimum absolute atomic E-state index is 0.0117. The van der Waals surface area contributed by atoms with Gasteiger partial charge in [0.2, 0.25) is 0 Å². The lowest BCUT2D eigenvalue weighted by Crippen LogP contribution is -2.40. The van der Waals surface area contributed by atoms with Crippen LogP contribution in [0.25, 0.3) is 0 Å². The highest BCUT2D eigenvalue weighted by Crippen LogP contribution is 2.31. The molecule has 104 valence electrons. The molecule has 1 saturated heterocycles. The van der Waals surface area contributed by atoms with Crippen molar-refractivity contribution in [2.45, 2.75) is 77.9 Å². The summed E-state index contributed by atoms with van der Waals surface area (Å²) in [5.74, 6) is 0.179. The number of ether oxygens (including phenoxy) is 3. The van der Waals surface area contributed by atoms with Gasteiger partial charge in [0.25, 0.3) is 0 Å². The predicted molar refractivity (Wildman–Crippen MR) is 73.9 cm³/mol. The average molecular weight is 254 g/mol. The Morgan fingerprint density at radius 2 is 1.61 bits per heavy atom. The molecule has 2 radical (unpaired) electrons. The van der Waals surface area contributed by atoms with Crippen LogP contribution in [0.15, 0.2) is 0 Å². The molecule has 18 heavy (non-hydrogen) atoms. The first-order valence-corrected chi connectivity index (χ1v) is 6.72. The second kappa shape index (κ2) is 5.52. The van der Waals surface area contributed by atoms with Crippen molar-refractivity contribution in [3.63, 3.8) is 0 Å². The lowest BCUT2D eigenvalue weighted by Gasteiger charge is -2.31. The maximum Gasteiger partial charge on any atom is 0.109 e. The Balaban J connectivity index is 2.64. The molecular formula is C14H27BO3. The summed E-state index contributed by atoms with van der Waals surface area (Å²) in [5, 5.41) is 0. The van der Waals surface area contributed by atoms with Crippen molar-refractivity contribution in [1.82, 2.24) is 0 Å². The molecule has 0 aliphatic carbocycles. The van der Waals surface area contributed by atoms with E-state index in [4.69, 9.17) is 22.1 Å². The molecule has 0 saturated carbocycles. The highest BCUT2D eigenvalue weighted by Gasteiger charge is 2.42. The van der Waals surface area contributed by atoms with E-state index in [0.29, 0.717) is 6.61 Å². The summed E-state index contributed by atoms with van der Waals surface area (Å²) in [6.07, 6.45) is -0.101. The van der Waals surface area contributed by atoms with E-state index in [1.165, 1.54) is 0 Å². The first-order chi connectivity index (χ1) is 7.99. The Morgan fingerprint density at radius 1 is 1.06 bits per heavy atom. The Labute approximate surface area is 113 Å². The largest absolute Gasteiger partial charge is 0.379 e. The Morgan fingerprint density at radius 3 is 2.06 bits per heavy atom. The maximum absolute atomic E-state index is 6.07. The maximum atomic E-state index is 6.07. The van der Waals surface area contributed by atoms with E-state index in [2.05, 4.69) is 6.92 Å². The van der Waals surface area contributed by atoms with Gasteiger partial charge in [-0.25, -0.2) is 0 Å². The number of hydrogen-bond acceptors (Lipinski definition) is 3. The zero-order valence-corrected chi connectivity index (χ0v) is 12.8. The molecule has 1 aliphatic rings. The lowest BCUT2D eigenvalue weighted by molar-refractivity contribution is -0.129. The summed E-state index contributed by atoms with van der Waals surface area (Å²) >= 11 is 0. The van der Waals surface area contributed by atoms with Gasteiger partial charge < -0.3 is 14.2 Å². The van der Waals surface area contributed by atoms with Crippen LogP contribution < -0.4 is 0 Å². The highest BCUT2D eigenvalue weighted by atomic mass is 16.6. The average Bonchev–Trinajstić information content (AvgIpc) is 2.39. The van der Waals surface area contributed by atoms with Crippen LogP contribution in [0.1, 0.15) is 48.5 Å². The minimum atomic E-state index is -0.272. The van der Waals surface area contributed by atoms with Crippen molar-refractivity contribution >= 4 is 7.85 Å². The van der Waals surface area contributed by atoms with Crippen LogP contribution >= 0.6 is 0 Å². The summed E-state index contributed by atoms with van der Waals surface area (Å²) in [6.45, 7) is 14.8. The van der Waals surface area contributed by atoms with Crippen molar-refractivity contribution in [1.29, 1.82) is 0 Å². The Hall–Kier alpha value is -0.0551. The summed E-state index contributed by atoms with van der Waals surface area (Å²) < 4.78 is 17.6. The van der Waals surface area contributed by atoms with Gasteiger partial charge in [0.15, 0.2) is 0 Å². The standard InChI is InChI=1S/C14H27BO3/c1-9-11(18-14(5,6)7)10(17-12(9)15)8-16-13(2,3)4/h9-12H,8H2,1-7H3/t9-,10-,11+,12-/m1/s1. The SMILES string of the molecule is [B][C@@H]1O[C@H](COC(C)(C)C)[C@@H](OC(C)(C)C)[C@H]1C. The Bertz CT molecular complexity index is 267. The summed E-state index contributed by atoms with van der Waals surface area (Å²) in [6, 6.07) is -0.272. The zero-order valence-electron chi connectivity index (χ0n) is 12.8. The van der Waals surface area contributed by atoms with Crippen molar-refractivity contribution < 1.29 is 14.2 Å². The van der Waals surface area contributed by atoms with Gasteiger partial charge >= 0.3 is 0 Å². The fourth-order valence-corrected chi connectivity index (χ4v) is 1.99. The monoisotopic (exact) mass is 254 g/mol. The predicted octanol–water partition coefficient (Wildman–Crippen LogP) is 2.51. The van der Waals surface area contributed by atoms with Crippen LogP contribution in [0.2, 0.25) is 0 Å². The van der Waals surface area contributed by atoms with E-state index < -0.39 is 0 Å². The molecule has 0 spiro atoms. The first-order valence-electron chi connectivity index (χ1n) is 6.72. The molecule has 0 amide bonds. The van der Waals surface area contributed by atoms with Crippen LogP contribution in [-0.4, -0.2) is 43.9 Å². The third-order valence-corrected chi connectivity index (χ3v) is 2.91. The normalized spacial score (nSPS) is 33.9. The lowest BCUT2D eigenvalue weighted by atomic mass is 9.86. The quantitative estimate of drug-likeness (QED) is 0.724. The van der Waals surface area contributed by atoms with Crippen LogP contribution in [-0.2, 0) is 14.2 Å². The van der Waals surface area contributed by atoms with Gasteiger partial charge in [0.05, 0.1) is 23.9 Å². The molecule has 3 nitrogen and oxygen atoms in total. The molecule has 0 N–H and O–H groups in total. The van der Waals surface area contributed by atoms with Gasteiger partial charge in [-0.15, -0.1) is 0 Å². The number of hydrogen-bond donors (Lipinski definition) is 0. The molecule has 0 aromatic rings. The van der Waals surface area contributed by atoms with E-state index in [-0.39, 0.29) is 35.3 Å². The molecule has 4 heteroatoms. The second-order valence-electron chi connectivity index (χ2n) is 7.12. The van der Waals surface area contributed by atoms with Crippen molar-refractivity contribution in [3.05, 3.63) is 0 Å². The van der Waals surface area contributed by atoms with Gasteiger partial charge in [-0.3, -0.25) is 0 Å². The third-order valence-electron chi connectivity index (χ3n) is 2.91. The molecular weight excluding hydrogens is 227 g/mol. The fourth-order valence-electron chi connectivity index (χ4n) is 1.99. The second-order valence-corrected chi connectivity index (χ2v) is 7.12. The van der Waals surface area contributed by atoms with Crippen LogP contribution in [0.3, 0.4) is 0 Å². The van der Waals surface area contributed by atoms with Gasteiger partial charge in [-0.1, -0.05) is 6.92 Å². The van der Waals surface area contributed by atoms with E-state index in [0.717, 1.165) is 0 Å². The first kappa shape index (κ1) is 16.0. The van der Waals surface area contributed by atoms with Crippen LogP contribution in [0.4, 0.5) is 0 Å². The van der Waals surface area contributed by atoms with Gasteiger partial charge in [0, 0.05) is 11.9 Å². The van der Waals surface area contributed by atoms with E-state index in [1.807, 2.05) is 41.5 Å². The van der Waals surface area contributed by atoms with Crippen molar-refractivity contribution in [3.8, 4) is 0 Å². The van der Waals surface area contributed by atoms with Gasteiger partial charge in [-0.2, -0.15) is 0 Å². The van der Waals surface area contributed by atoms with Crippen LogP contribution in [0, 0.1) is 5.92 Å². The minimum Gasteiger partial charge on any atom is -0.379 e. The molecule has 1 rings (SSSR count).